The molecule has 0 radical (unpaired) electrons. The number of aryl methyl sites for hydroxylation is 1. The molecule has 7 heteroatoms. The maximum Gasteiger partial charge on any atom is 0.273 e. The molecule has 0 aliphatic carbocycles. The van der Waals surface area contributed by atoms with E-state index in [1.807, 2.05) is 42.2 Å². The van der Waals surface area contributed by atoms with E-state index in [0.717, 1.165) is 34.5 Å². The molecule has 1 saturated heterocycles. The molecule has 1 aromatic carbocycles. The van der Waals surface area contributed by atoms with Crippen LogP contribution >= 0.6 is 22.9 Å². The zero-order chi connectivity index (χ0) is 18.8. The Morgan fingerprint density at radius 1 is 1.22 bits per heavy atom. The summed E-state index contributed by atoms with van der Waals surface area (Å²) < 4.78 is 5.40. The molecule has 140 valence electrons. The average molecular weight is 402 g/mol. The predicted octanol–water partition coefficient (Wildman–Crippen LogP) is 4.32. The van der Waals surface area contributed by atoms with Gasteiger partial charge in [0.1, 0.15) is 5.69 Å². The van der Waals surface area contributed by atoms with E-state index in [1.165, 1.54) is 16.9 Å². The number of aromatic nitrogens is 1. The molecule has 1 amide bonds. The van der Waals surface area contributed by atoms with Crippen LogP contribution in [-0.4, -0.2) is 46.9 Å². The zero-order valence-corrected chi connectivity index (χ0v) is 16.6. The molecule has 1 aliphatic heterocycles. The minimum absolute atomic E-state index is 0.00367. The average Bonchev–Trinajstić information content (AvgIpc) is 3.31. The van der Waals surface area contributed by atoms with Crippen LogP contribution in [0.4, 0.5) is 0 Å². The van der Waals surface area contributed by atoms with Gasteiger partial charge >= 0.3 is 0 Å². The van der Waals surface area contributed by atoms with Gasteiger partial charge in [0.25, 0.3) is 5.91 Å². The summed E-state index contributed by atoms with van der Waals surface area (Å²) in [5, 5.41) is 1.51. The Balaban J connectivity index is 1.39. The summed E-state index contributed by atoms with van der Waals surface area (Å²) >= 11 is 7.56. The number of amides is 1. The Kier molecular flexibility index (Phi) is 5.29. The third kappa shape index (κ3) is 4.08. The van der Waals surface area contributed by atoms with Crippen LogP contribution in [0.3, 0.4) is 0 Å². The van der Waals surface area contributed by atoms with Gasteiger partial charge in [-0.2, -0.15) is 0 Å². The van der Waals surface area contributed by atoms with Crippen molar-refractivity contribution >= 4 is 28.8 Å². The van der Waals surface area contributed by atoms with E-state index < -0.39 is 0 Å². The normalized spacial score (nSPS) is 15.3. The van der Waals surface area contributed by atoms with Gasteiger partial charge in [0.15, 0.2) is 10.8 Å². The van der Waals surface area contributed by atoms with Crippen molar-refractivity contribution in [2.45, 2.75) is 13.5 Å². The van der Waals surface area contributed by atoms with E-state index in [-0.39, 0.29) is 5.91 Å². The van der Waals surface area contributed by atoms with Crippen LogP contribution in [0, 0.1) is 6.92 Å². The lowest BCUT2D eigenvalue weighted by molar-refractivity contribution is 0.0623. The molecule has 0 atom stereocenters. The number of hydrogen-bond acceptors (Lipinski definition) is 5. The molecule has 27 heavy (non-hydrogen) atoms. The maximum absolute atomic E-state index is 12.9. The van der Waals surface area contributed by atoms with E-state index >= 15 is 0 Å². The number of piperazine rings is 1. The monoisotopic (exact) mass is 401 g/mol. The number of rotatable bonds is 4. The largest absolute Gasteiger partial charge is 0.462 e. The standard InChI is InChI=1S/C20H20ClN3O2S/c1-14-18(22-19(27-14)17-6-3-11-26-17)20(25)24-9-7-23(8-10-24)13-15-4-2-5-16(21)12-15/h2-6,11-12H,7-10,13H2,1H3. The van der Waals surface area contributed by atoms with Gasteiger partial charge in [0.05, 0.1) is 6.26 Å². The first-order valence-corrected chi connectivity index (χ1v) is 10.1. The second-order valence-corrected chi connectivity index (χ2v) is 8.24. The molecule has 0 saturated carbocycles. The Bertz CT molecular complexity index is 931. The van der Waals surface area contributed by atoms with Crippen molar-refractivity contribution in [3.63, 3.8) is 0 Å². The van der Waals surface area contributed by atoms with Gasteiger partial charge in [-0.3, -0.25) is 9.69 Å². The minimum atomic E-state index is 0.00367. The Morgan fingerprint density at radius 2 is 2.04 bits per heavy atom. The van der Waals surface area contributed by atoms with Crippen LogP contribution < -0.4 is 0 Å². The lowest BCUT2D eigenvalue weighted by atomic mass is 10.2. The third-order valence-corrected chi connectivity index (χ3v) is 5.91. The number of hydrogen-bond donors (Lipinski definition) is 0. The van der Waals surface area contributed by atoms with Gasteiger partial charge in [0.2, 0.25) is 0 Å². The molecule has 0 N–H and O–H groups in total. The van der Waals surface area contributed by atoms with Gasteiger partial charge in [0, 0.05) is 42.6 Å². The van der Waals surface area contributed by atoms with Gasteiger partial charge in [-0.25, -0.2) is 4.98 Å². The SMILES string of the molecule is Cc1sc(-c2ccco2)nc1C(=O)N1CCN(Cc2cccc(Cl)c2)CC1. The molecule has 0 unspecified atom stereocenters. The first kappa shape index (κ1) is 18.2. The number of carbonyl (C=O) groups is 1. The van der Waals surface area contributed by atoms with E-state index in [9.17, 15) is 4.79 Å². The lowest BCUT2D eigenvalue weighted by Crippen LogP contribution is -2.48. The van der Waals surface area contributed by atoms with Crippen molar-refractivity contribution in [2.24, 2.45) is 0 Å². The topological polar surface area (TPSA) is 49.6 Å². The molecule has 1 fully saturated rings. The molecular weight excluding hydrogens is 382 g/mol. The summed E-state index contributed by atoms with van der Waals surface area (Å²) in [4.78, 5) is 22.6. The van der Waals surface area contributed by atoms with Gasteiger partial charge < -0.3 is 9.32 Å². The van der Waals surface area contributed by atoms with Crippen LogP contribution in [0.5, 0.6) is 0 Å². The highest BCUT2D eigenvalue weighted by molar-refractivity contribution is 7.15. The van der Waals surface area contributed by atoms with E-state index in [2.05, 4.69) is 16.0 Å². The Morgan fingerprint density at radius 3 is 2.74 bits per heavy atom. The van der Waals surface area contributed by atoms with Gasteiger partial charge in [-0.15, -0.1) is 11.3 Å². The molecule has 4 rings (SSSR count). The van der Waals surface area contributed by atoms with Crippen LogP contribution in [0.2, 0.25) is 5.02 Å². The van der Waals surface area contributed by atoms with E-state index in [4.69, 9.17) is 16.0 Å². The molecule has 1 aliphatic rings. The summed E-state index contributed by atoms with van der Waals surface area (Å²) in [5.41, 5.74) is 1.73. The van der Waals surface area contributed by atoms with Crippen molar-refractivity contribution in [3.05, 3.63) is 63.8 Å². The quantitative estimate of drug-likeness (QED) is 0.653. The van der Waals surface area contributed by atoms with Gasteiger partial charge in [-0.1, -0.05) is 23.7 Å². The molecule has 0 spiro atoms. The summed E-state index contributed by atoms with van der Waals surface area (Å²) in [6.07, 6.45) is 1.62. The fraction of sp³-hybridized carbons (Fsp3) is 0.300. The highest BCUT2D eigenvalue weighted by atomic mass is 35.5. The highest BCUT2D eigenvalue weighted by Gasteiger charge is 2.26. The first-order valence-electron chi connectivity index (χ1n) is 8.87. The predicted molar refractivity (Wildman–Crippen MR) is 107 cm³/mol. The van der Waals surface area contributed by atoms with Crippen molar-refractivity contribution in [1.82, 2.24) is 14.8 Å². The Hall–Kier alpha value is -2.15. The molecule has 3 aromatic rings. The van der Waals surface area contributed by atoms with Crippen LogP contribution in [0.25, 0.3) is 10.8 Å². The van der Waals surface area contributed by atoms with Crippen LogP contribution in [0.15, 0.2) is 47.1 Å². The second kappa shape index (κ2) is 7.84. The summed E-state index contributed by atoms with van der Waals surface area (Å²) in [6, 6.07) is 11.6. The zero-order valence-electron chi connectivity index (χ0n) is 15.0. The maximum atomic E-state index is 12.9. The van der Waals surface area contributed by atoms with Crippen molar-refractivity contribution in [3.8, 4) is 10.8 Å². The second-order valence-electron chi connectivity index (χ2n) is 6.60. The smallest absolute Gasteiger partial charge is 0.273 e. The summed E-state index contributed by atoms with van der Waals surface area (Å²) in [5.74, 6) is 0.706. The number of benzene rings is 1. The summed E-state index contributed by atoms with van der Waals surface area (Å²) in [6.45, 7) is 5.87. The lowest BCUT2D eigenvalue weighted by Gasteiger charge is -2.34. The summed E-state index contributed by atoms with van der Waals surface area (Å²) in [7, 11) is 0. The molecule has 5 nitrogen and oxygen atoms in total. The van der Waals surface area contributed by atoms with Crippen LogP contribution in [0.1, 0.15) is 20.9 Å². The minimum Gasteiger partial charge on any atom is -0.462 e. The number of carbonyl (C=O) groups excluding carboxylic acids is 1. The number of nitrogens with zero attached hydrogens (tertiary/aromatic N) is 3. The van der Waals surface area contributed by atoms with E-state index in [1.54, 1.807) is 6.26 Å². The number of thiazole rings is 1. The van der Waals surface area contributed by atoms with Gasteiger partial charge in [-0.05, 0) is 36.8 Å². The first-order chi connectivity index (χ1) is 13.1. The van der Waals surface area contributed by atoms with Crippen molar-refractivity contribution < 1.29 is 9.21 Å². The van der Waals surface area contributed by atoms with Crippen molar-refractivity contribution in [2.75, 3.05) is 26.2 Å². The molecule has 3 heterocycles. The van der Waals surface area contributed by atoms with E-state index in [0.29, 0.717) is 24.5 Å². The number of furan rings is 1. The molecule has 2 aromatic heterocycles. The van der Waals surface area contributed by atoms with Crippen molar-refractivity contribution in [1.29, 1.82) is 0 Å². The highest BCUT2D eigenvalue weighted by Crippen LogP contribution is 2.28. The fourth-order valence-electron chi connectivity index (χ4n) is 3.25. The Labute approximate surface area is 167 Å². The van der Waals surface area contributed by atoms with Crippen LogP contribution in [-0.2, 0) is 6.54 Å². The number of halogens is 1. The molecule has 0 bridgehead atoms. The fourth-order valence-corrected chi connectivity index (χ4v) is 4.34. The molecular formula is C20H20ClN3O2S. The third-order valence-electron chi connectivity index (χ3n) is 4.69.